The zero-order valence-corrected chi connectivity index (χ0v) is 12.8. The second kappa shape index (κ2) is 9.01. The predicted molar refractivity (Wildman–Crippen MR) is 75.3 cm³/mol. The SMILES string of the molecule is CC(C)(C)OC(=O)NCC(CCCN=[N+]=[N-])S(=O)Cl. The van der Waals surface area contributed by atoms with E-state index in [0.29, 0.717) is 19.4 Å². The highest BCUT2D eigenvalue weighted by Gasteiger charge is 2.19. The van der Waals surface area contributed by atoms with Gasteiger partial charge in [0.2, 0.25) is 0 Å². The number of halogens is 1. The van der Waals surface area contributed by atoms with Crippen molar-refractivity contribution in [1.82, 2.24) is 5.32 Å². The third-order valence-electron chi connectivity index (χ3n) is 1.98. The van der Waals surface area contributed by atoms with Crippen molar-refractivity contribution >= 4 is 26.8 Å². The fraction of sp³-hybridized carbons (Fsp3) is 0.900. The van der Waals surface area contributed by atoms with Crippen LogP contribution >= 0.6 is 10.7 Å². The molecule has 0 saturated heterocycles. The Hall–Kier alpha value is -0.980. The maximum Gasteiger partial charge on any atom is 0.407 e. The van der Waals surface area contributed by atoms with E-state index < -0.39 is 27.0 Å². The summed E-state index contributed by atoms with van der Waals surface area (Å²) in [5.41, 5.74) is 7.54. The van der Waals surface area contributed by atoms with Gasteiger partial charge in [-0.1, -0.05) is 5.11 Å². The van der Waals surface area contributed by atoms with Gasteiger partial charge in [0.05, 0.1) is 5.25 Å². The normalized spacial score (nSPS) is 14.1. The van der Waals surface area contributed by atoms with Crippen molar-refractivity contribution in [1.29, 1.82) is 0 Å². The Morgan fingerprint density at radius 2 is 2.21 bits per heavy atom. The van der Waals surface area contributed by atoms with E-state index >= 15 is 0 Å². The molecule has 2 unspecified atom stereocenters. The lowest BCUT2D eigenvalue weighted by atomic mass is 10.2. The number of carbonyl (C=O) groups excluding carboxylic acids is 1. The van der Waals surface area contributed by atoms with Crippen LogP contribution < -0.4 is 5.32 Å². The minimum atomic E-state index is -1.58. The van der Waals surface area contributed by atoms with Gasteiger partial charge in [-0.25, -0.2) is 9.00 Å². The van der Waals surface area contributed by atoms with Gasteiger partial charge < -0.3 is 10.1 Å². The van der Waals surface area contributed by atoms with Crippen LogP contribution in [0.1, 0.15) is 33.6 Å². The summed E-state index contributed by atoms with van der Waals surface area (Å²) in [6.07, 6.45) is 0.475. The smallest absolute Gasteiger partial charge is 0.407 e. The van der Waals surface area contributed by atoms with Gasteiger partial charge in [0, 0.05) is 18.0 Å². The molecule has 0 aromatic rings. The number of azide groups is 1. The van der Waals surface area contributed by atoms with Crippen LogP contribution in [-0.2, 0) is 14.7 Å². The molecule has 0 radical (unpaired) electrons. The summed E-state index contributed by atoms with van der Waals surface area (Å²) in [4.78, 5) is 14.0. The summed E-state index contributed by atoms with van der Waals surface area (Å²) in [7, 11) is 3.97. The summed E-state index contributed by atoms with van der Waals surface area (Å²) in [6, 6.07) is 0. The first-order valence-electron chi connectivity index (χ1n) is 5.81. The number of hydrogen-bond donors (Lipinski definition) is 1. The highest BCUT2D eigenvalue weighted by Crippen LogP contribution is 2.10. The standard InChI is InChI=1S/C10H19ClN4O3S/c1-10(2,3)18-9(16)13-7-8(19(11)17)5-4-6-14-15-12/h8H,4-7H2,1-3H3,(H,13,16). The van der Waals surface area contributed by atoms with E-state index in [1.54, 1.807) is 20.8 Å². The van der Waals surface area contributed by atoms with Crippen molar-refractivity contribution in [3.8, 4) is 0 Å². The van der Waals surface area contributed by atoms with Gasteiger partial charge >= 0.3 is 6.09 Å². The molecule has 1 N–H and O–H groups in total. The van der Waals surface area contributed by atoms with Crippen LogP contribution in [-0.4, -0.2) is 34.2 Å². The lowest BCUT2D eigenvalue weighted by molar-refractivity contribution is 0.0527. The van der Waals surface area contributed by atoms with E-state index in [-0.39, 0.29) is 6.54 Å². The van der Waals surface area contributed by atoms with Crippen LogP contribution in [0.25, 0.3) is 10.4 Å². The van der Waals surface area contributed by atoms with Gasteiger partial charge in [0.15, 0.2) is 0 Å². The molecule has 0 aliphatic carbocycles. The molecule has 0 aliphatic rings. The lowest BCUT2D eigenvalue weighted by Gasteiger charge is -2.20. The number of carbonyl (C=O) groups is 1. The monoisotopic (exact) mass is 310 g/mol. The molecule has 0 fully saturated rings. The molecule has 19 heavy (non-hydrogen) atoms. The second-order valence-electron chi connectivity index (χ2n) is 4.85. The number of rotatable bonds is 7. The second-order valence-corrected chi connectivity index (χ2v) is 6.93. The third kappa shape index (κ3) is 10.6. The Labute approximate surface area is 119 Å². The fourth-order valence-electron chi connectivity index (χ4n) is 1.21. The summed E-state index contributed by atoms with van der Waals surface area (Å²) in [5, 5.41) is 5.49. The first-order chi connectivity index (χ1) is 8.76. The molecule has 0 bridgehead atoms. The maximum atomic E-state index is 11.4. The largest absolute Gasteiger partial charge is 0.444 e. The molecule has 9 heteroatoms. The van der Waals surface area contributed by atoms with Gasteiger partial charge in [-0.3, -0.25) is 0 Å². The topological polar surface area (TPSA) is 104 Å². The van der Waals surface area contributed by atoms with Crippen molar-refractivity contribution < 1.29 is 13.7 Å². The molecule has 1 amide bonds. The molecular weight excluding hydrogens is 292 g/mol. The van der Waals surface area contributed by atoms with E-state index in [2.05, 4.69) is 15.3 Å². The number of nitrogens with zero attached hydrogens (tertiary/aromatic N) is 3. The Bertz CT molecular complexity index is 366. The molecular formula is C10H19ClN4O3S. The molecule has 0 aliphatic heterocycles. The van der Waals surface area contributed by atoms with Crippen LogP contribution in [0.15, 0.2) is 5.11 Å². The van der Waals surface area contributed by atoms with Gasteiger partial charge in [-0.2, -0.15) is 0 Å². The molecule has 0 aromatic heterocycles. The van der Waals surface area contributed by atoms with E-state index in [9.17, 15) is 9.00 Å². The molecule has 0 spiro atoms. The Morgan fingerprint density at radius 1 is 1.58 bits per heavy atom. The molecule has 2 atom stereocenters. The van der Waals surface area contributed by atoms with Crippen molar-refractivity contribution in [3.05, 3.63) is 10.4 Å². The van der Waals surface area contributed by atoms with Crippen molar-refractivity contribution in [2.75, 3.05) is 13.1 Å². The number of nitrogens with one attached hydrogen (secondary N) is 1. The van der Waals surface area contributed by atoms with E-state index in [1.807, 2.05) is 0 Å². The quantitative estimate of drug-likeness (QED) is 0.257. The number of hydrogen-bond acceptors (Lipinski definition) is 4. The van der Waals surface area contributed by atoms with E-state index in [4.69, 9.17) is 21.0 Å². The molecule has 0 saturated carbocycles. The number of amides is 1. The molecule has 0 heterocycles. The summed E-state index contributed by atoms with van der Waals surface area (Å²) in [6.45, 7) is 5.73. The molecule has 7 nitrogen and oxygen atoms in total. The Balaban J connectivity index is 4.11. The molecule has 0 rings (SSSR count). The molecule has 110 valence electrons. The predicted octanol–water partition coefficient (Wildman–Crippen LogP) is 2.87. The van der Waals surface area contributed by atoms with E-state index in [1.165, 1.54) is 0 Å². The third-order valence-corrected chi connectivity index (χ3v) is 3.66. The Morgan fingerprint density at radius 3 is 2.68 bits per heavy atom. The average Bonchev–Trinajstić information content (AvgIpc) is 2.25. The summed E-state index contributed by atoms with van der Waals surface area (Å²) >= 11 is 0. The number of ether oxygens (including phenoxy) is 1. The van der Waals surface area contributed by atoms with Crippen molar-refractivity contribution in [2.45, 2.75) is 44.5 Å². The van der Waals surface area contributed by atoms with Crippen LogP contribution in [0.2, 0.25) is 0 Å². The maximum absolute atomic E-state index is 11.4. The summed E-state index contributed by atoms with van der Waals surface area (Å²) < 4.78 is 16.3. The van der Waals surface area contributed by atoms with Crippen LogP contribution in [0.3, 0.4) is 0 Å². The van der Waals surface area contributed by atoms with Crippen molar-refractivity contribution in [3.63, 3.8) is 0 Å². The van der Waals surface area contributed by atoms with Gasteiger partial charge in [-0.05, 0) is 49.8 Å². The zero-order chi connectivity index (χ0) is 14.9. The first-order valence-corrected chi connectivity index (χ1v) is 7.84. The summed E-state index contributed by atoms with van der Waals surface area (Å²) in [5.74, 6) is 0. The first kappa shape index (κ1) is 18.0. The average molecular weight is 311 g/mol. The minimum Gasteiger partial charge on any atom is -0.444 e. The lowest BCUT2D eigenvalue weighted by Crippen LogP contribution is -2.37. The van der Waals surface area contributed by atoms with Crippen LogP contribution in [0, 0.1) is 0 Å². The van der Waals surface area contributed by atoms with E-state index in [0.717, 1.165) is 0 Å². The van der Waals surface area contributed by atoms with Crippen molar-refractivity contribution in [2.24, 2.45) is 5.11 Å². The molecule has 0 aromatic carbocycles. The van der Waals surface area contributed by atoms with Gasteiger partial charge in [0.1, 0.15) is 15.6 Å². The van der Waals surface area contributed by atoms with Gasteiger partial charge in [0.25, 0.3) is 0 Å². The fourth-order valence-corrected chi connectivity index (χ4v) is 2.23. The highest BCUT2D eigenvalue weighted by atomic mass is 35.7. The highest BCUT2D eigenvalue weighted by molar-refractivity contribution is 8.08. The Kier molecular flexibility index (Phi) is 8.54. The number of alkyl carbamates (subject to hydrolysis) is 1. The van der Waals surface area contributed by atoms with Crippen LogP contribution in [0.5, 0.6) is 0 Å². The minimum absolute atomic E-state index is 0.154. The zero-order valence-electron chi connectivity index (χ0n) is 11.3. The van der Waals surface area contributed by atoms with Gasteiger partial charge in [-0.15, -0.1) is 0 Å². The van der Waals surface area contributed by atoms with Crippen LogP contribution in [0.4, 0.5) is 4.79 Å².